The Kier molecular flexibility index (Phi) is 3.88. The number of halogens is 2. The highest BCUT2D eigenvalue weighted by Gasteiger charge is 2.38. The minimum Gasteiger partial charge on any atom is -0.344 e. The molecule has 10 heteroatoms. The topological polar surface area (TPSA) is 77.5 Å². The lowest BCUT2D eigenvalue weighted by molar-refractivity contribution is 0.616. The molecule has 1 fully saturated rings. The van der Waals surface area contributed by atoms with Gasteiger partial charge in [-0.05, 0) is 38.0 Å². The number of aromatic nitrogens is 7. The zero-order valence-corrected chi connectivity index (χ0v) is 17.5. The molecule has 0 N–H and O–H groups in total. The molecule has 0 radical (unpaired) electrons. The molecule has 3 aromatic heterocycles. The lowest BCUT2D eigenvalue weighted by atomic mass is 10.1. The van der Waals surface area contributed by atoms with Gasteiger partial charge < -0.3 is 4.90 Å². The van der Waals surface area contributed by atoms with Crippen molar-refractivity contribution in [2.75, 3.05) is 11.4 Å². The monoisotopic (exact) mass is 438 g/mol. The van der Waals surface area contributed by atoms with E-state index in [2.05, 4.69) is 29.6 Å². The standard InChI is InChI=1S/C20H16Cl2N8/c1-11-26-27-19-15-3-2-5-28(15)18-16(30(11)19)10-24-20(25-18)29-6-4-23-17(29)12-7-13(21)9-14(22)8-12/h4,6-10,15H,2-3,5H2,1H3. The lowest BCUT2D eigenvalue weighted by Gasteiger charge is -2.32. The molecule has 0 spiro atoms. The number of benzene rings is 1. The molecule has 4 aromatic rings. The van der Waals surface area contributed by atoms with Crippen LogP contribution in [0.4, 0.5) is 5.82 Å². The Labute approximate surface area is 182 Å². The molecular weight excluding hydrogens is 423 g/mol. The minimum atomic E-state index is 0.190. The average molecular weight is 439 g/mol. The number of hydrogen-bond donors (Lipinski definition) is 0. The van der Waals surface area contributed by atoms with Crippen LogP contribution in [0, 0.1) is 6.92 Å². The van der Waals surface area contributed by atoms with E-state index < -0.39 is 0 Å². The van der Waals surface area contributed by atoms with Gasteiger partial charge in [0, 0.05) is 34.5 Å². The Balaban J connectivity index is 1.51. The van der Waals surface area contributed by atoms with Crippen LogP contribution in [-0.2, 0) is 0 Å². The molecule has 150 valence electrons. The van der Waals surface area contributed by atoms with Crippen LogP contribution in [0.1, 0.15) is 30.5 Å². The van der Waals surface area contributed by atoms with Crippen molar-refractivity contribution in [2.24, 2.45) is 0 Å². The molecule has 2 aliphatic rings. The number of imidazole rings is 1. The molecule has 0 amide bonds. The predicted molar refractivity (Wildman–Crippen MR) is 114 cm³/mol. The van der Waals surface area contributed by atoms with Gasteiger partial charge in [-0.1, -0.05) is 23.2 Å². The molecule has 1 atom stereocenters. The van der Waals surface area contributed by atoms with Gasteiger partial charge in [0.2, 0.25) is 5.95 Å². The van der Waals surface area contributed by atoms with E-state index >= 15 is 0 Å². The fraction of sp³-hybridized carbons (Fsp3) is 0.250. The van der Waals surface area contributed by atoms with Crippen LogP contribution in [0.5, 0.6) is 0 Å². The predicted octanol–water partition coefficient (Wildman–Crippen LogP) is 4.18. The van der Waals surface area contributed by atoms with Crippen LogP contribution in [0.25, 0.3) is 23.0 Å². The SMILES string of the molecule is Cc1nnc2n1-c1cnc(-n3ccnc3-c3cc(Cl)cc(Cl)c3)nc1N1CCCC21. The maximum atomic E-state index is 6.20. The summed E-state index contributed by atoms with van der Waals surface area (Å²) in [5.41, 5.74) is 1.71. The molecule has 5 heterocycles. The summed E-state index contributed by atoms with van der Waals surface area (Å²) >= 11 is 12.4. The van der Waals surface area contributed by atoms with Crippen LogP contribution < -0.4 is 4.90 Å². The number of fused-ring (bicyclic) bond motifs is 6. The number of rotatable bonds is 2. The van der Waals surface area contributed by atoms with Crippen molar-refractivity contribution in [3.8, 4) is 23.0 Å². The number of nitrogens with zero attached hydrogens (tertiary/aromatic N) is 8. The number of hydrogen-bond acceptors (Lipinski definition) is 6. The Bertz CT molecular complexity index is 1270. The Morgan fingerprint density at radius 1 is 1.07 bits per heavy atom. The first-order valence-electron chi connectivity index (χ1n) is 9.66. The molecule has 0 saturated carbocycles. The lowest BCUT2D eigenvalue weighted by Crippen LogP contribution is -2.32. The minimum absolute atomic E-state index is 0.190. The summed E-state index contributed by atoms with van der Waals surface area (Å²) in [5.74, 6) is 3.91. The molecule has 0 bridgehead atoms. The van der Waals surface area contributed by atoms with Crippen LogP contribution in [0.15, 0.2) is 36.8 Å². The van der Waals surface area contributed by atoms with Crippen LogP contribution in [0.3, 0.4) is 0 Å². The molecular formula is C20H16Cl2N8. The third kappa shape index (κ3) is 2.57. The van der Waals surface area contributed by atoms with Gasteiger partial charge in [0.1, 0.15) is 17.3 Å². The molecule has 0 aliphatic carbocycles. The fourth-order valence-electron chi connectivity index (χ4n) is 4.38. The molecule has 1 saturated heterocycles. The fourth-order valence-corrected chi connectivity index (χ4v) is 4.91. The maximum absolute atomic E-state index is 6.20. The van der Waals surface area contributed by atoms with E-state index in [1.807, 2.05) is 36.0 Å². The summed E-state index contributed by atoms with van der Waals surface area (Å²) in [5, 5.41) is 9.81. The third-order valence-electron chi connectivity index (χ3n) is 5.63. The van der Waals surface area contributed by atoms with Gasteiger partial charge >= 0.3 is 0 Å². The number of anilines is 1. The normalized spacial score (nSPS) is 17.0. The van der Waals surface area contributed by atoms with Crippen molar-refractivity contribution >= 4 is 29.0 Å². The summed E-state index contributed by atoms with van der Waals surface area (Å²) in [6, 6.07) is 5.54. The highest BCUT2D eigenvalue weighted by molar-refractivity contribution is 6.35. The molecule has 8 nitrogen and oxygen atoms in total. The second-order valence-electron chi connectivity index (χ2n) is 7.45. The van der Waals surface area contributed by atoms with Crippen molar-refractivity contribution in [3.63, 3.8) is 0 Å². The second-order valence-corrected chi connectivity index (χ2v) is 8.32. The van der Waals surface area contributed by atoms with Gasteiger partial charge in [0.05, 0.1) is 12.2 Å². The van der Waals surface area contributed by atoms with Gasteiger partial charge in [0.25, 0.3) is 0 Å². The first kappa shape index (κ1) is 17.9. The van der Waals surface area contributed by atoms with Crippen molar-refractivity contribution in [1.82, 2.24) is 34.3 Å². The first-order valence-corrected chi connectivity index (χ1v) is 10.4. The summed E-state index contributed by atoms with van der Waals surface area (Å²) < 4.78 is 3.92. The summed E-state index contributed by atoms with van der Waals surface area (Å²) in [7, 11) is 0. The van der Waals surface area contributed by atoms with E-state index in [1.165, 1.54) is 0 Å². The van der Waals surface area contributed by atoms with Crippen molar-refractivity contribution in [3.05, 3.63) is 58.5 Å². The molecule has 6 rings (SSSR count). The van der Waals surface area contributed by atoms with E-state index in [0.717, 1.165) is 48.1 Å². The molecule has 2 aliphatic heterocycles. The van der Waals surface area contributed by atoms with Crippen molar-refractivity contribution in [1.29, 1.82) is 0 Å². The van der Waals surface area contributed by atoms with E-state index in [1.54, 1.807) is 12.3 Å². The highest BCUT2D eigenvalue weighted by atomic mass is 35.5. The average Bonchev–Trinajstić information content (AvgIpc) is 3.46. The van der Waals surface area contributed by atoms with E-state index in [-0.39, 0.29) is 6.04 Å². The highest BCUT2D eigenvalue weighted by Crippen LogP contribution is 2.42. The van der Waals surface area contributed by atoms with E-state index in [9.17, 15) is 0 Å². The quantitative estimate of drug-likeness (QED) is 0.467. The van der Waals surface area contributed by atoms with Gasteiger partial charge in [-0.2, -0.15) is 4.98 Å². The summed E-state index contributed by atoms with van der Waals surface area (Å²) in [4.78, 5) is 16.4. The first-order chi connectivity index (χ1) is 14.6. The van der Waals surface area contributed by atoms with Crippen LogP contribution >= 0.6 is 23.2 Å². The largest absolute Gasteiger partial charge is 0.344 e. The van der Waals surface area contributed by atoms with Gasteiger partial charge in [0.15, 0.2) is 11.6 Å². The smallest absolute Gasteiger partial charge is 0.237 e. The second kappa shape index (κ2) is 6.52. The zero-order chi connectivity index (χ0) is 20.4. The van der Waals surface area contributed by atoms with Crippen molar-refractivity contribution in [2.45, 2.75) is 25.8 Å². The maximum Gasteiger partial charge on any atom is 0.237 e. The third-order valence-corrected chi connectivity index (χ3v) is 6.06. The van der Waals surface area contributed by atoms with Gasteiger partial charge in [-0.3, -0.25) is 9.13 Å². The Morgan fingerprint density at radius 2 is 1.90 bits per heavy atom. The van der Waals surface area contributed by atoms with E-state index in [4.69, 9.17) is 28.2 Å². The molecule has 1 unspecified atom stereocenters. The van der Waals surface area contributed by atoms with Crippen molar-refractivity contribution < 1.29 is 0 Å². The van der Waals surface area contributed by atoms with Crippen LogP contribution in [-0.4, -0.2) is 40.8 Å². The van der Waals surface area contributed by atoms with Gasteiger partial charge in [-0.25, -0.2) is 9.97 Å². The van der Waals surface area contributed by atoms with E-state index in [0.29, 0.717) is 21.8 Å². The van der Waals surface area contributed by atoms with Crippen LogP contribution in [0.2, 0.25) is 10.0 Å². The van der Waals surface area contributed by atoms with Gasteiger partial charge in [-0.15, -0.1) is 10.2 Å². The summed E-state index contributed by atoms with van der Waals surface area (Å²) in [6.45, 7) is 2.89. The molecule has 1 aromatic carbocycles. The molecule has 30 heavy (non-hydrogen) atoms. The summed E-state index contributed by atoms with van der Waals surface area (Å²) in [6.07, 6.45) is 7.51. The zero-order valence-electron chi connectivity index (χ0n) is 16.0. The Morgan fingerprint density at radius 3 is 2.73 bits per heavy atom. The Hall–Kier alpha value is -2.97. The number of aryl methyl sites for hydroxylation is 1.